The normalized spacial score (nSPS) is 17.6. The first kappa shape index (κ1) is 13.1. The van der Waals surface area contributed by atoms with Crippen LogP contribution in [0.3, 0.4) is 0 Å². The summed E-state index contributed by atoms with van der Waals surface area (Å²) in [5.74, 6) is 0.121. The van der Waals surface area contributed by atoms with Crippen LogP contribution in [0.1, 0.15) is 22.6 Å². The minimum absolute atomic E-state index is 0.0156. The Morgan fingerprint density at radius 2 is 2.27 bits per heavy atom. The molecule has 1 aliphatic heterocycles. The number of aryl methyl sites for hydroxylation is 2. The first-order valence-corrected chi connectivity index (χ1v) is 7.55. The molecule has 2 N–H and O–H groups in total. The fourth-order valence-electron chi connectivity index (χ4n) is 3.47. The number of fused-ring (bicyclic) bond motifs is 2. The van der Waals surface area contributed by atoms with Gasteiger partial charge < -0.3 is 10.3 Å². The number of aromatic nitrogens is 3. The highest BCUT2D eigenvalue weighted by molar-refractivity contribution is 6.00. The van der Waals surface area contributed by atoms with Gasteiger partial charge in [-0.2, -0.15) is 0 Å². The van der Waals surface area contributed by atoms with Crippen LogP contribution in [-0.4, -0.2) is 20.0 Å². The molecule has 0 saturated carbocycles. The number of carbonyl (C=O) groups is 1. The molecule has 0 bridgehead atoms. The molecular formula is C17H18N4O. The molecular weight excluding hydrogens is 276 g/mol. The number of para-hydroxylation sites is 1. The van der Waals surface area contributed by atoms with Crippen molar-refractivity contribution in [2.45, 2.75) is 26.3 Å². The van der Waals surface area contributed by atoms with Crippen molar-refractivity contribution in [2.75, 3.05) is 5.73 Å². The van der Waals surface area contributed by atoms with Crippen molar-refractivity contribution in [3.05, 3.63) is 48.2 Å². The quantitative estimate of drug-likeness (QED) is 0.702. The number of anilines is 1. The summed E-state index contributed by atoms with van der Waals surface area (Å²) in [5, 5.41) is 1.02. The summed E-state index contributed by atoms with van der Waals surface area (Å²) in [6, 6.07) is 7.79. The topological polar surface area (TPSA) is 65.8 Å². The number of rotatable bonds is 1. The smallest absolute Gasteiger partial charge is 0.234 e. The molecule has 0 saturated heterocycles. The van der Waals surface area contributed by atoms with E-state index in [9.17, 15) is 4.79 Å². The molecule has 112 valence electrons. The summed E-state index contributed by atoms with van der Waals surface area (Å²) in [4.78, 5) is 17.2. The maximum atomic E-state index is 13.1. The van der Waals surface area contributed by atoms with Gasteiger partial charge >= 0.3 is 0 Å². The lowest BCUT2D eigenvalue weighted by Gasteiger charge is -2.23. The van der Waals surface area contributed by atoms with Gasteiger partial charge in [-0.25, -0.2) is 4.98 Å². The Kier molecular flexibility index (Phi) is 2.82. The van der Waals surface area contributed by atoms with Crippen LogP contribution in [0.5, 0.6) is 0 Å². The van der Waals surface area contributed by atoms with Crippen molar-refractivity contribution in [2.24, 2.45) is 5.92 Å². The molecule has 1 aliphatic rings. The molecule has 0 fully saturated rings. The maximum absolute atomic E-state index is 13.1. The molecule has 2 aromatic heterocycles. The van der Waals surface area contributed by atoms with Gasteiger partial charge in [0, 0.05) is 41.9 Å². The molecule has 4 rings (SSSR count). The predicted molar refractivity (Wildman–Crippen MR) is 85.8 cm³/mol. The Morgan fingerprint density at radius 3 is 3.14 bits per heavy atom. The molecule has 22 heavy (non-hydrogen) atoms. The molecule has 3 heterocycles. The van der Waals surface area contributed by atoms with Gasteiger partial charge in [-0.05, 0) is 25.5 Å². The summed E-state index contributed by atoms with van der Waals surface area (Å²) in [5.41, 5.74) is 9.67. The van der Waals surface area contributed by atoms with E-state index < -0.39 is 0 Å². The van der Waals surface area contributed by atoms with Gasteiger partial charge in [0.2, 0.25) is 5.91 Å². The lowest BCUT2D eigenvalue weighted by molar-refractivity contribution is 0.0816. The van der Waals surface area contributed by atoms with Gasteiger partial charge in [-0.1, -0.05) is 12.1 Å². The zero-order chi connectivity index (χ0) is 15.3. The number of hydrogen-bond donors (Lipinski definition) is 1. The molecule has 0 radical (unpaired) electrons. The van der Waals surface area contributed by atoms with Gasteiger partial charge in [0.25, 0.3) is 0 Å². The third kappa shape index (κ3) is 1.85. The number of nitrogens with two attached hydrogens (primary N) is 1. The van der Waals surface area contributed by atoms with Crippen LogP contribution < -0.4 is 5.73 Å². The largest absolute Gasteiger partial charge is 0.397 e. The van der Waals surface area contributed by atoms with Crippen molar-refractivity contribution in [3.63, 3.8) is 0 Å². The highest BCUT2D eigenvalue weighted by Gasteiger charge is 2.28. The number of nitrogen functional groups attached to an aromatic ring is 1. The molecule has 1 unspecified atom stereocenters. The fourth-order valence-corrected chi connectivity index (χ4v) is 3.47. The minimum Gasteiger partial charge on any atom is -0.397 e. The summed E-state index contributed by atoms with van der Waals surface area (Å²) >= 11 is 0. The summed E-state index contributed by atoms with van der Waals surface area (Å²) in [7, 11) is 0. The van der Waals surface area contributed by atoms with E-state index in [4.69, 9.17) is 5.73 Å². The average Bonchev–Trinajstić information content (AvgIpc) is 3.09. The number of carbonyl (C=O) groups excluding carboxylic acids is 1. The van der Waals surface area contributed by atoms with Gasteiger partial charge in [-0.15, -0.1) is 0 Å². The van der Waals surface area contributed by atoms with Gasteiger partial charge in [0.15, 0.2) is 0 Å². The Morgan fingerprint density at radius 1 is 1.41 bits per heavy atom. The van der Waals surface area contributed by atoms with E-state index in [1.54, 1.807) is 4.57 Å². The number of benzene rings is 1. The molecule has 3 aromatic rings. The number of nitrogens with zero attached hydrogens (tertiary/aromatic N) is 3. The lowest BCUT2D eigenvalue weighted by Crippen LogP contribution is -2.29. The molecule has 1 atom stereocenters. The Bertz CT molecular complexity index is 874. The second kappa shape index (κ2) is 4.73. The zero-order valence-electron chi connectivity index (χ0n) is 12.5. The van der Waals surface area contributed by atoms with Crippen LogP contribution in [0, 0.1) is 12.8 Å². The van der Waals surface area contributed by atoms with E-state index in [0.29, 0.717) is 5.69 Å². The second-order valence-corrected chi connectivity index (χ2v) is 6.01. The van der Waals surface area contributed by atoms with Gasteiger partial charge in [0.05, 0.1) is 17.5 Å². The Balaban J connectivity index is 1.76. The van der Waals surface area contributed by atoms with Gasteiger partial charge in [0.1, 0.15) is 0 Å². The number of hydrogen-bond acceptors (Lipinski definition) is 3. The lowest BCUT2D eigenvalue weighted by atomic mass is 9.95. The van der Waals surface area contributed by atoms with E-state index in [2.05, 4.69) is 9.55 Å². The SMILES string of the molecule is Cc1cc2cccc(N)c2n1C(=O)C1CCn2cncc2C1. The van der Waals surface area contributed by atoms with Crippen molar-refractivity contribution < 1.29 is 4.79 Å². The fraction of sp³-hybridized carbons (Fsp3) is 0.294. The predicted octanol–water partition coefficient (Wildman–Crippen LogP) is 2.63. The molecule has 5 heteroatoms. The van der Waals surface area contributed by atoms with Crippen molar-refractivity contribution in [1.29, 1.82) is 0 Å². The first-order valence-electron chi connectivity index (χ1n) is 7.55. The van der Waals surface area contributed by atoms with Crippen LogP contribution in [-0.2, 0) is 13.0 Å². The molecule has 0 amide bonds. The summed E-state index contributed by atoms with van der Waals surface area (Å²) < 4.78 is 3.92. The van der Waals surface area contributed by atoms with Crippen molar-refractivity contribution >= 4 is 22.5 Å². The highest BCUT2D eigenvalue weighted by Crippen LogP contribution is 2.28. The number of imidazole rings is 1. The summed E-state index contributed by atoms with van der Waals surface area (Å²) in [6.07, 6.45) is 5.28. The Labute approximate surface area is 128 Å². The highest BCUT2D eigenvalue weighted by atomic mass is 16.2. The van der Waals surface area contributed by atoms with Crippen LogP contribution in [0.2, 0.25) is 0 Å². The standard InChI is InChI=1S/C17H18N4O/c1-11-7-12-3-2-4-15(18)16(12)21(11)17(22)13-5-6-20-10-19-9-14(20)8-13/h2-4,7,9-10,13H,5-6,8,18H2,1H3. The Hall–Kier alpha value is -2.56. The summed E-state index contributed by atoms with van der Waals surface area (Å²) in [6.45, 7) is 2.81. The minimum atomic E-state index is -0.0156. The van der Waals surface area contributed by atoms with E-state index in [1.807, 2.05) is 43.7 Å². The van der Waals surface area contributed by atoms with E-state index >= 15 is 0 Å². The molecule has 0 aliphatic carbocycles. The molecule has 1 aromatic carbocycles. The molecule has 0 spiro atoms. The van der Waals surface area contributed by atoms with E-state index in [0.717, 1.165) is 41.7 Å². The second-order valence-electron chi connectivity index (χ2n) is 6.01. The monoisotopic (exact) mass is 294 g/mol. The van der Waals surface area contributed by atoms with Crippen LogP contribution in [0.15, 0.2) is 36.8 Å². The van der Waals surface area contributed by atoms with Crippen LogP contribution >= 0.6 is 0 Å². The van der Waals surface area contributed by atoms with Gasteiger partial charge in [-0.3, -0.25) is 9.36 Å². The third-order valence-corrected chi connectivity index (χ3v) is 4.58. The average molecular weight is 294 g/mol. The first-order chi connectivity index (χ1) is 10.6. The van der Waals surface area contributed by atoms with Crippen LogP contribution in [0.4, 0.5) is 5.69 Å². The third-order valence-electron chi connectivity index (χ3n) is 4.58. The van der Waals surface area contributed by atoms with Crippen LogP contribution in [0.25, 0.3) is 10.9 Å². The van der Waals surface area contributed by atoms with Crippen molar-refractivity contribution in [3.8, 4) is 0 Å². The van der Waals surface area contributed by atoms with E-state index in [-0.39, 0.29) is 11.8 Å². The van der Waals surface area contributed by atoms with Crippen molar-refractivity contribution in [1.82, 2.24) is 14.1 Å². The zero-order valence-corrected chi connectivity index (χ0v) is 12.5. The van der Waals surface area contributed by atoms with E-state index in [1.165, 1.54) is 0 Å². The molecule has 5 nitrogen and oxygen atoms in total. The maximum Gasteiger partial charge on any atom is 0.234 e.